The van der Waals surface area contributed by atoms with Crippen LogP contribution in [0.3, 0.4) is 0 Å². The van der Waals surface area contributed by atoms with Crippen molar-refractivity contribution in [1.82, 2.24) is 9.80 Å². The maximum atomic E-state index is 12.4. The van der Waals surface area contributed by atoms with Gasteiger partial charge < -0.3 is 4.90 Å². The van der Waals surface area contributed by atoms with Gasteiger partial charge in [0.15, 0.2) is 0 Å². The first-order valence-electron chi connectivity index (χ1n) is 10.2. The predicted octanol–water partition coefficient (Wildman–Crippen LogP) is 4.00. The van der Waals surface area contributed by atoms with E-state index in [0.29, 0.717) is 11.3 Å². The average molecular weight is 341 g/mol. The minimum absolute atomic E-state index is 0.410. The molecule has 1 aromatic carbocycles. The Morgan fingerprint density at radius 2 is 1.72 bits per heavy atom. The minimum Gasteiger partial charge on any atom is -0.341 e. The number of carbonyl (C=O) groups excluding carboxylic acids is 1. The number of hydrogen-bond acceptors (Lipinski definition) is 2. The molecule has 4 rings (SSSR count). The molecule has 0 bridgehead atoms. The molecule has 3 heteroatoms. The SMILES string of the molecule is Cc1ccc(CN2CC3(C2)CN(C(=O)CCC2CCCCC2)C3)cc1. The monoisotopic (exact) mass is 340 g/mol. The van der Waals surface area contributed by atoms with E-state index in [9.17, 15) is 4.79 Å². The van der Waals surface area contributed by atoms with E-state index in [1.807, 2.05) is 0 Å². The van der Waals surface area contributed by atoms with Gasteiger partial charge in [0.2, 0.25) is 5.91 Å². The zero-order chi connectivity index (χ0) is 17.3. The summed E-state index contributed by atoms with van der Waals surface area (Å²) in [6.07, 6.45) is 8.77. The Hall–Kier alpha value is -1.35. The molecule has 136 valence electrons. The molecule has 3 fully saturated rings. The van der Waals surface area contributed by atoms with Gasteiger partial charge in [0.1, 0.15) is 0 Å². The third kappa shape index (κ3) is 3.92. The average Bonchev–Trinajstić information content (AvgIpc) is 2.56. The molecule has 2 heterocycles. The molecular formula is C22H32N2O. The zero-order valence-electron chi connectivity index (χ0n) is 15.7. The van der Waals surface area contributed by atoms with Crippen LogP contribution in [0.1, 0.15) is 56.1 Å². The maximum Gasteiger partial charge on any atom is 0.222 e. The maximum absolute atomic E-state index is 12.4. The first-order chi connectivity index (χ1) is 12.1. The number of benzene rings is 1. The molecule has 1 aromatic rings. The zero-order valence-corrected chi connectivity index (χ0v) is 15.7. The number of nitrogens with zero attached hydrogens (tertiary/aromatic N) is 2. The molecule has 0 radical (unpaired) electrons. The molecule has 0 N–H and O–H groups in total. The number of amides is 1. The topological polar surface area (TPSA) is 23.6 Å². The second kappa shape index (κ2) is 7.11. The number of aryl methyl sites for hydroxylation is 1. The summed E-state index contributed by atoms with van der Waals surface area (Å²) in [4.78, 5) is 17.1. The second-order valence-corrected chi connectivity index (χ2v) is 8.92. The van der Waals surface area contributed by atoms with Crippen molar-refractivity contribution >= 4 is 5.91 Å². The van der Waals surface area contributed by atoms with E-state index in [4.69, 9.17) is 0 Å². The quantitative estimate of drug-likeness (QED) is 0.809. The Morgan fingerprint density at radius 3 is 2.40 bits per heavy atom. The van der Waals surface area contributed by atoms with E-state index >= 15 is 0 Å². The Labute approximate surface area is 152 Å². The Kier molecular flexibility index (Phi) is 4.86. The van der Waals surface area contributed by atoms with Gasteiger partial charge in [0, 0.05) is 44.6 Å². The molecule has 3 nitrogen and oxygen atoms in total. The lowest BCUT2D eigenvalue weighted by Gasteiger charge is -2.60. The number of rotatable bonds is 5. The normalized spacial score (nSPS) is 23.3. The van der Waals surface area contributed by atoms with Crippen LogP contribution in [-0.2, 0) is 11.3 Å². The van der Waals surface area contributed by atoms with Gasteiger partial charge in [-0.25, -0.2) is 0 Å². The van der Waals surface area contributed by atoms with Crippen molar-refractivity contribution in [1.29, 1.82) is 0 Å². The van der Waals surface area contributed by atoms with Gasteiger partial charge in [-0.2, -0.15) is 0 Å². The third-order valence-corrected chi connectivity index (χ3v) is 6.54. The molecule has 1 saturated carbocycles. The van der Waals surface area contributed by atoms with Crippen molar-refractivity contribution in [2.75, 3.05) is 26.2 Å². The molecule has 2 saturated heterocycles. The highest BCUT2D eigenvalue weighted by Crippen LogP contribution is 2.40. The molecule has 2 aliphatic heterocycles. The summed E-state index contributed by atoms with van der Waals surface area (Å²) in [5.74, 6) is 1.23. The highest BCUT2D eigenvalue weighted by atomic mass is 16.2. The number of likely N-dealkylation sites (tertiary alicyclic amines) is 2. The summed E-state index contributed by atoms with van der Waals surface area (Å²) in [5.41, 5.74) is 3.15. The van der Waals surface area contributed by atoms with Crippen LogP contribution in [0, 0.1) is 18.3 Å². The van der Waals surface area contributed by atoms with Gasteiger partial charge in [-0.1, -0.05) is 61.9 Å². The van der Waals surface area contributed by atoms with E-state index in [1.165, 1.54) is 43.2 Å². The van der Waals surface area contributed by atoms with Crippen molar-refractivity contribution in [3.63, 3.8) is 0 Å². The van der Waals surface area contributed by atoms with E-state index in [2.05, 4.69) is 41.0 Å². The number of carbonyl (C=O) groups is 1. The summed E-state index contributed by atoms with van der Waals surface area (Å²) in [7, 11) is 0. The second-order valence-electron chi connectivity index (χ2n) is 8.92. The summed E-state index contributed by atoms with van der Waals surface area (Å²) in [5, 5.41) is 0. The molecule has 25 heavy (non-hydrogen) atoms. The van der Waals surface area contributed by atoms with Crippen molar-refractivity contribution in [2.24, 2.45) is 11.3 Å². The van der Waals surface area contributed by atoms with Crippen LogP contribution >= 0.6 is 0 Å². The first-order valence-corrected chi connectivity index (χ1v) is 10.2. The van der Waals surface area contributed by atoms with Gasteiger partial charge in [0.05, 0.1) is 0 Å². The van der Waals surface area contributed by atoms with Gasteiger partial charge in [-0.3, -0.25) is 9.69 Å². The lowest BCUT2D eigenvalue weighted by Crippen LogP contribution is -2.72. The van der Waals surface area contributed by atoms with E-state index in [1.54, 1.807) is 0 Å². The predicted molar refractivity (Wildman–Crippen MR) is 101 cm³/mol. The molecular weight excluding hydrogens is 308 g/mol. The fraction of sp³-hybridized carbons (Fsp3) is 0.682. The van der Waals surface area contributed by atoms with Crippen LogP contribution in [0.2, 0.25) is 0 Å². The largest absolute Gasteiger partial charge is 0.341 e. The Balaban J connectivity index is 1.15. The van der Waals surface area contributed by atoms with Crippen molar-refractivity contribution in [3.8, 4) is 0 Å². The fourth-order valence-electron chi connectivity index (χ4n) is 5.07. The van der Waals surface area contributed by atoms with Crippen LogP contribution in [0.5, 0.6) is 0 Å². The van der Waals surface area contributed by atoms with Crippen LogP contribution in [0.15, 0.2) is 24.3 Å². The number of hydrogen-bond donors (Lipinski definition) is 0. The molecule has 1 amide bonds. The Bertz CT molecular complexity index is 589. The van der Waals surface area contributed by atoms with Gasteiger partial charge >= 0.3 is 0 Å². The minimum atomic E-state index is 0.410. The molecule has 1 aliphatic carbocycles. The fourth-order valence-corrected chi connectivity index (χ4v) is 5.07. The summed E-state index contributed by atoms with van der Waals surface area (Å²) < 4.78 is 0. The van der Waals surface area contributed by atoms with Crippen LogP contribution < -0.4 is 0 Å². The molecule has 0 aromatic heterocycles. The smallest absolute Gasteiger partial charge is 0.222 e. The van der Waals surface area contributed by atoms with E-state index in [0.717, 1.165) is 51.5 Å². The standard InChI is InChI=1S/C22H32N2O/c1-18-7-9-20(10-8-18)13-23-14-22(15-23)16-24(17-22)21(25)12-11-19-5-3-2-4-6-19/h7-10,19H,2-6,11-17H2,1H3. The van der Waals surface area contributed by atoms with E-state index in [-0.39, 0.29) is 0 Å². The molecule has 0 atom stereocenters. The highest BCUT2D eigenvalue weighted by molar-refractivity contribution is 5.77. The molecule has 1 spiro atoms. The summed E-state index contributed by atoms with van der Waals surface area (Å²) >= 11 is 0. The summed E-state index contributed by atoms with van der Waals surface area (Å²) in [6, 6.07) is 8.87. The van der Waals surface area contributed by atoms with Crippen molar-refractivity contribution in [2.45, 2.75) is 58.4 Å². The van der Waals surface area contributed by atoms with Gasteiger partial charge in [0.25, 0.3) is 0 Å². The van der Waals surface area contributed by atoms with Crippen LogP contribution in [0.25, 0.3) is 0 Å². The Morgan fingerprint density at radius 1 is 1.04 bits per heavy atom. The van der Waals surface area contributed by atoms with Crippen molar-refractivity contribution in [3.05, 3.63) is 35.4 Å². The van der Waals surface area contributed by atoms with Crippen LogP contribution in [0.4, 0.5) is 0 Å². The summed E-state index contributed by atoms with van der Waals surface area (Å²) in [6.45, 7) is 7.51. The lowest BCUT2D eigenvalue weighted by molar-refractivity contribution is -0.160. The van der Waals surface area contributed by atoms with Crippen LogP contribution in [-0.4, -0.2) is 41.9 Å². The third-order valence-electron chi connectivity index (χ3n) is 6.54. The lowest BCUT2D eigenvalue weighted by atomic mass is 9.72. The van der Waals surface area contributed by atoms with Gasteiger partial charge in [-0.15, -0.1) is 0 Å². The highest BCUT2D eigenvalue weighted by Gasteiger charge is 2.52. The van der Waals surface area contributed by atoms with Gasteiger partial charge in [-0.05, 0) is 24.8 Å². The van der Waals surface area contributed by atoms with Crippen molar-refractivity contribution < 1.29 is 4.79 Å². The molecule has 3 aliphatic rings. The molecule has 0 unspecified atom stereocenters. The first kappa shape index (κ1) is 17.1. The van der Waals surface area contributed by atoms with E-state index < -0.39 is 0 Å².